The second-order valence-electron chi connectivity index (χ2n) is 7.80. The van der Waals surface area contributed by atoms with Gasteiger partial charge in [-0.25, -0.2) is 4.98 Å². The van der Waals surface area contributed by atoms with Gasteiger partial charge in [-0.1, -0.05) is 72.8 Å². The van der Waals surface area contributed by atoms with Crippen LogP contribution in [-0.4, -0.2) is 26.1 Å². The SMILES string of the molecule is CC(=O)OCc1ccc(-c2nc(Cc3c[nH]c4ccccc34)nnc2-c2ccccc2)cc1. The van der Waals surface area contributed by atoms with Gasteiger partial charge < -0.3 is 9.72 Å². The van der Waals surface area contributed by atoms with Crippen molar-refractivity contribution in [2.75, 3.05) is 0 Å². The van der Waals surface area contributed by atoms with Crippen LogP contribution in [-0.2, 0) is 22.6 Å². The Morgan fingerprint density at radius 1 is 0.848 bits per heavy atom. The lowest BCUT2D eigenvalue weighted by Gasteiger charge is -2.10. The van der Waals surface area contributed by atoms with Crippen LogP contribution in [0.15, 0.2) is 85.1 Å². The molecule has 5 aromatic rings. The highest BCUT2D eigenvalue weighted by atomic mass is 16.5. The van der Waals surface area contributed by atoms with Crippen molar-refractivity contribution in [3.05, 3.63) is 102 Å². The Morgan fingerprint density at radius 2 is 1.58 bits per heavy atom. The number of carbonyl (C=O) groups is 1. The van der Waals surface area contributed by atoms with E-state index in [-0.39, 0.29) is 12.6 Å². The molecule has 1 N–H and O–H groups in total. The second-order valence-corrected chi connectivity index (χ2v) is 7.80. The third-order valence-electron chi connectivity index (χ3n) is 5.47. The summed E-state index contributed by atoms with van der Waals surface area (Å²) in [6.45, 7) is 1.65. The van der Waals surface area contributed by atoms with E-state index in [1.165, 1.54) is 6.92 Å². The zero-order valence-corrected chi connectivity index (χ0v) is 18.2. The van der Waals surface area contributed by atoms with E-state index in [0.717, 1.165) is 44.5 Å². The van der Waals surface area contributed by atoms with Crippen molar-refractivity contribution in [1.29, 1.82) is 0 Å². The lowest BCUT2D eigenvalue weighted by Crippen LogP contribution is -2.04. The van der Waals surface area contributed by atoms with Gasteiger partial charge in [0.15, 0.2) is 5.82 Å². The minimum atomic E-state index is -0.299. The Balaban J connectivity index is 1.53. The summed E-state index contributed by atoms with van der Waals surface area (Å²) >= 11 is 0. The second kappa shape index (κ2) is 9.04. The first-order valence-electron chi connectivity index (χ1n) is 10.7. The first kappa shape index (κ1) is 20.6. The molecule has 3 aromatic carbocycles. The minimum absolute atomic E-state index is 0.245. The third-order valence-corrected chi connectivity index (χ3v) is 5.47. The van der Waals surface area contributed by atoms with E-state index in [9.17, 15) is 4.79 Å². The smallest absolute Gasteiger partial charge is 0.302 e. The summed E-state index contributed by atoms with van der Waals surface area (Å²) < 4.78 is 5.10. The number of rotatable bonds is 6. The molecule has 0 spiro atoms. The Hall–Kier alpha value is -4.32. The van der Waals surface area contributed by atoms with Crippen LogP contribution in [0.3, 0.4) is 0 Å². The average Bonchev–Trinajstić information content (AvgIpc) is 3.26. The molecule has 0 saturated carbocycles. The molecule has 2 aromatic heterocycles. The van der Waals surface area contributed by atoms with Gasteiger partial charge in [-0.3, -0.25) is 4.79 Å². The Morgan fingerprint density at radius 3 is 2.36 bits per heavy atom. The summed E-state index contributed by atoms with van der Waals surface area (Å²) in [5.74, 6) is 0.353. The normalized spacial score (nSPS) is 10.9. The molecule has 6 nitrogen and oxygen atoms in total. The highest BCUT2D eigenvalue weighted by molar-refractivity contribution is 5.83. The molecular formula is C27H22N4O2. The molecule has 0 fully saturated rings. The summed E-state index contributed by atoms with van der Waals surface area (Å²) in [6, 6.07) is 25.9. The van der Waals surface area contributed by atoms with Gasteiger partial charge in [0.05, 0.1) is 0 Å². The van der Waals surface area contributed by atoms with Crippen molar-refractivity contribution >= 4 is 16.9 Å². The highest BCUT2D eigenvalue weighted by Gasteiger charge is 2.15. The summed E-state index contributed by atoms with van der Waals surface area (Å²) in [5, 5.41) is 10.2. The average molecular weight is 434 g/mol. The van der Waals surface area contributed by atoms with Crippen LogP contribution in [0.4, 0.5) is 0 Å². The number of aromatic nitrogens is 4. The van der Waals surface area contributed by atoms with Gasteiger partial charge in [0, 0.05) is 41.6 Å². The van der Waals surface area contributed by atoms with Crippen LogP contribution >= 0.6 is 0 Å². The molecule has 162 valence electrons. The predicted octanol–water partition coefficient (Wildman–Crippen LogP) is 5.34. The zero-order valence-electron chi connectivity index (χ0n) is 18.2. The van der Waals surface area contributed by atoms with Gasteiger partial charge in [0.1, 0.15) is 18.0 Å². The molecule has 0 bridgehead atoms. The van der Waals surface area contributed by atoms with Crippen LogP contribution < -0.4 is 0 Å². The molecule has 2 heterocycles. The lowest BCUT2D eigenvalue weighted by atomic mass is 10.0. The Bertz CT molecular complexity index is 1410. The monoisotopic (exact) mass is 434 g/mol. The summed E-state index contributed by atoms with van der Waals surface area (Å²) in [4.78, 5) is 19.3. The number of esters is 1. The van der Waals surface area contributed by atoms with E-state index in [0.29, 0.717) is 12.2 Å². The number of hydrogen-bond acceptors (Lipinski definition) is 5. The minimum Gasteiger partial charge on any atom is -0.461 e. The number of para-hydroxylation sites is 1. The maximum Gasteiger partial charge on any atom is 0.302 e. The number of nitrogens with zero attached hydrogens (tertiary/aromatic N) is 3. The van der Waals surface area contributed by atoms with Crippen LogP contribution in [0, 0.1) is 0 Å². The van der Waals surface area contributed by atoms with E-state index in [1.807, 2.05) is 72.9 Å². The van der Waals surface area contributed by atoms with Gasteiger partial charge in [-0.2, -0.15) is 0 Å². The van der Waals surface area contributed by atoms with Gasteiger partial charge in [0.2, 0.25) is 0 Å². The van der Waals surface area contributed by atoms with Crippen LogP contribution in [0.1, 0.15) is 23.9 Å². The first-order valence-corrected chi connectivity index (χ1v) is 10.7. The number of carbonyl (C=O) groups excluding carboxylic acids is 1. The van der Waals surface area contributed by atoms with Gasteiger partial charge >= 0.3 is 5.97 Å². The molecular weight excluding hydrogens is 412 g/mol. The van der Waals surface area contributed by atoms with E-state index in [1.54, 1.807) is 0 Å². The predicted molar refractivity (Wildman–Crippen MR) is 127 cm³/mol. The fourth-order valence-corrected chi connectivity index (χ4v) is 3.82. The number of ether oxygens (including phenoxy) is 1. The van der Waals surface area contributed by atoms with Crippen molar-refractivity contribution < 1.29 is 9.53 Å². The van der Waals surface area contributed by atoms with Crippen LogP contribution in [0.25, 0.3) is 33.4 Å². The zero-order chi connectivity index (χ0) is 22.6. The standard InChI is InChI=1S/C27H22N4O2/c1-18(32)33-17-19-11-13-21(14-12-19)26-27(20-7-3-2-4-8-20)31-30-25(29-26)15-22-16-28-24-10-6-5-9-23(22)24/h2-14,16,28H,15,17H2,1H3. The molecule has 0 aliphatic heterocycles. The molecule has 0 radical (unpaired) electrons. The van der Waals surface area contributed by atoms with E-state index in [4.69, 9.17) is 9.72 Å². The molecule has 33 heavy (non-hydrogen) atoms. The molecule has 0 unspecified atom stereocenters. The van der Waals surface area contributed by atoms with Gasteiger partial charge in [-0.15, -0.1) is 10.2 Å². The maximum absolute atomic E-state index is 11.1. The number of benzene rings is 3. The van der Waals surface area contributed by atoms with Crippen molar-refractivity contribution in [3.63, 3.8) is 0 Å². The first-order chi connectivity index (χ1) is 16.2. The fourth-order valence-electron chi connectivity index (χ4n) is 3.82. The Labute approximate surface area is 191 Å². The number of fused-ring (bicyclic) bond motifs is 1. The molecule has 0 atom stereocenters. The van der Waals surface area contributed by atoms with Crippen molar-refractivity contribution in [3.8, 4) is 22.5 Å². The fraction of sp³-hybridized carbons (Fsp3) is 0.111. The number of hydrogen-bond donors (Lipinski definition) is 1. The van der Waals surface area contributed by atoms with Crippen LogP contribution in [0.2, 0.25) is 0 Å². The van der Waals surface area contributed by atoms with E-state index >= 15 is 0 Å². The summed E-state index contributed by atoms with van der Waals surface area (Å²) in [7, 11) is 0. The maximum atomic E-state index is 11.1. The van der Waals surface area contributed by atoms with E-state index in [2.05, 4.69) is 27.3 Å². The van der Waals surface area contributed by atoms with Crippen molar-refractivity contribution in [2.45, 2.75) is 20.0 Å². The third kappa shape index (κ3) is 4.50. The molecule has 0 aliphatic rings. The van der Waals surface area contributed by atoms with Crippen LogP contribution in [0.5, 0.6) is 0 Å². The van der Waals surface area contributed by atoms with E-state index < -0.39 is 0 Å². The van der Waals surface area contributed by atoms with Gasteiger partial charge in [-0.05, 0) is 17.2 Å². The Kier molecular flexibility index (Phi) is 5.64. The topological polar surface area (TPSA) is 80.8 Å². The molecule has 0 amide bonds. The highest BCUT2D eigenvalue weighted by Crippen LogP contribution is 2.29. The van der Waals surface area contributed by atoms with Gasteiger partial charge in [0.25, 0.3) is 0 Å². The summed E-state index contributed by atoms with van der Waals surface area (Å²) in [5.41, 5.74) is 6.51. The number of nitrogens with one attached hydrogen (secondary N) is 1. The molecule has 6 heteroatoms. The summed E-state index contributed by atoms with van der Waals surface area (Å²) in [6.07, 6.45) is 2.58. The molecule has 5 rings (SSSR count). The lowest BCUT2D eigenvalue weighted by molar-refractivity contribution is -0.142. The largest absolute Gasteiger partial charge is 0.461 e. The van der Waals surface area contributed by atoms with Crippen molar-refractivity contribution in [1.82, 2.24) is 20.2 Å². The quantitative estimate of drug-likeness (QED) is 0.365. The molecule has 0 saturated heterocycles. The molecule has 0 aliphatic carbocycles. The number of H-pyrrole nitrogens is 1. The number of aromatic amines is 1. The van der Waals surface area contributed by atoms with Crippen molar-refractivity contribution in [2.24, 2.45) is 0 Å².